The molecule has 2 rings (SSSR count). The highest BCUT2D eigenvalue weighted by atomic mass is 16.3. The van der Waals surface area contributed by atoms with Crippen molar-refractivity contribution in [1.29, 1.82) is 0 Å². The lowest BCUT2D eigenvalue weighted by Crippen LogP contribution is -1.99. The maximum Gasteiger partial charge on any atom is 0.134 e. The molecule has 58 valence electrons. The maximum atomic E-state index is 9.14. The van der Waals surface area contributed by atoms with Crippen LogP contribution in [0.4, 0.5) is 0 Å². The summed E-state index contributed by atoms with van der Waals surface area (Å²) >= 11 is 0. The summed E-state index contributed by atoms with van der Waals surface area (Å²) in [4.78, 5) is 3.94. The molecule has 1 aromatic rings. The van der Waals surface area contributed by atoms with Gasteiger partial charge in [-0.1, -0.05) is 6.92 Å². The maximum absolute atomic E-state index is 9.14. The van der Waals surface area contributed by atoms with Gasteiger partial charge in [0.1, 0.15) is 5.75 Å². The summed E-state index contributed by atoms with van der Waals surface area (Å²) < 4.78 is 0. The van der Waals surface area contributed by atoms with Crippen LogP contribution < -0.4 is 0 Å². The fourth-order valence-electron chi connectivity index (χ4n) is 1.23. The number of nitrogens with zero attached hydrogens (tertiary/aromatic N) is 1. The van der Waals surface area contributed by atoms with Crippen LogP contribution in [0, 0.1) is 0 Å². The molecule has 0 bridgehead atoms. The van der Waals surface area contributed by atoms with Crippen molar-refractivity contribution in [3.8, 4) is 5.75 Å². The van der Waals surface area contributed by atoms with Gasteiger partial charge in [-0.15, -0.1) is 0 Å². The minimum Gasteiger partial charge on any atom is -0.506 e. The van der Waals surface area contributed by atoms with Crippen molar-refractivity contribution in [1.82, 2.24) is 4.98 Å². The molecule has 0 unspecified atom stereocenters. The van der Waals surface area contributed by atoms with Crippen LogP contribution in [-0.4, -0.2) is 10.1 Å². The molecule has 0 aliphatic heterocycles. The van der Waals surface area contributed by atoms with E-state index in [2.05, 4.69) is 11.9 Å². The van der Waals surface area contributed by atoms with Gasteiger partial charge in [0.25, 0.3) is 0 Å². The monoisotopic (exact) mass is 149 g/mol. The van der Waals surface area contributed by atoms with Crippen molar-refractivity contribution in [2.75, 3.05) is 0 Å². The average molecular weight is 149 g/mol. The van der Waals surface area contributed by atoms with E-state index < -0.39 is 0 Å². The van der Waals surface area contributed by atoms with Gasteiger partial charge in [-0.05, 0) is 29.9 Å². The summed E-state index contributed by atoms with van der Waals surface area (Å²) in [7, 11) is 0. The van der Waals surface area contributed by atoms with E-state index in [4.69, 9.17) is 5.11 Å². The molecule has 11 heavy (non-hydrogen) atoms. The van der Waals surface area contributed by atoms with Crippen molar-refractivity contribution >= 4 is 0 Å². The van der Waals surface area contributed by atoms with Gasteiger partial charge in [0.2, 0.25) is 0 Å². The molecule has 0 radical (unpaired) electrons. The summed E-state index contributed by atoms with van der Waals surface area (Å²) in [5, 5.41) is 9.14. The van der Waals surface area contributed by atoms with Crippen LogP contribution in [0.2, 0.25) is 0 Å². The SMILES string of the molecule is CC1(c2cncc(O)c2)CC1. The normalized spacial score (nSPS) is 19.7. The zero-order chi connectivity index (χ0) is 7.90. The number of hydrogen-bond donors (Lipinski definition) is 1. The summed E-state index contributed by atoms with van der Waals surface area (Å²) in [6, 6.07) is 1.81. The van der Waals surface area contributed by atoms with Gasteiger partial charge < -0.3 is 5.11 Å². The second-order valence-electron chi connectivity index (χ2n) is 3.49. The van der Waals surface area contributed by atoms with Gasteiger partial charge in [-0.25, -0.2) is 0 Å². The third kappa shape index (κ3) is 1.09. The van der Waals surface area contributed by atoms with Crippen molar-refractivity contribution in [3.63, 3.8) is 0 Å². The van der Waals surface area contributed by atoms with Crippen LogP contribution in [0.15, 0.2) is 18.5 Å². The first-order chi connectivity index (χ1) is 5.21. The minimum absolute atomic E-state index is 0.274. The molecule has 0 aromatic carbocycles. The van der Waals surface area contributed by atoms with Crippen molar-refractivity contribution < 1.29 is 5.11 Å². The molecule has 1 fully saturated rings. The van der Waals surface area contributed by atoms with Gasteiger partial charge >= 0.3 is 0 Å². The summed E-state index contributed by atoms with van der Waals surface area (Å²) in [5.41, 5.74) is 1.48. The van der Waals surface area contributed by atoms with Crippen LogP contribution in [0.25, 0.3) is 0 Å². The molecular formula is C9H11NO. The molecule has 2 heteroatoms. The lowest BCUT2D eigenvalue weighted by molar-refractivity contribution is 0.470. The van der Waals surface area contributed by atoms with Crippen LogP contribution in [0.3, 0.4) is 0 Å². The molecule has 0 amide bonds. The van der Waals surface area contributed by atoms with Gasteiger partial charge in [-0.3, -0.25) is 4.98 Å². The van der Waals surface area contributed by atoms with Gasteiger partial charge in [0, 0.05) is 6.20 Å². The standard InChI is InChI=1S/C9H11NO/c1-9(2-3-9)7-4-8(11)6-10-5-7/h4-6,11H,2-3H2,1H3. The largest absolute Gasteiger partial charge is 0.506 e. The van der Waals surface area contributed by atoms with Gasteiger partial charge in [0.15, 0.2) is 0 Å². The second-order valence-corrected chi connectivity index (χ2v) is 3.49. The topological polar surface area (TPSA) is 33.1 Å². The Bertz CT molecular complexity index is 279. The Morgan fingerprint density at radius 1 is 1.45 bits per heavy atom. The first-order valence-electron chi connectivity index (χ1n) is 3.85. The summed E-state index contributed by atoms with van der Waals surface area (Å²) in [6.45, 7) is 2.20. The molecule has 1 aromatic heterocycles. The Hall–Kier alpha value is -1.05. The number of rotatable bonds is 1. The molecule has 0 saturated heterocycles. The summed E-state index contributed by atoms with van der Waals surface area (Å²) in [5.74, 6) is 0.274. The Kier molecular flexibility index (Phi) is 1.19. The molecule has 1 heterocycles. The zero-order valence-electron chi connectivity index (χ0n) is 6.54. The predicted octanol–water partition coefficient (Wildman–Crippen LogP) is 1.84. The van der Waals surface area contributed by atoms with Gasteiger partial charge in [0.05, 0.1) is 6.20 Å². The van der Waals surface area contributed by atoms with Crippen molar-refractivity contribution in [2.24, 2.45) is 0 Å². The fourth-order valence-corrected chi connectivity index (χ4v) is 1.23. The number of hydrogen-bond acceptors (Lipinski definition) is 2. The van der Waals surface area contributed by atoms with E-state index in [9.17, 15) is 0 Å². The van der Waals surface area contributed by atoms with E-state index in [0.29, 0.717) is 5.41 Å². The lowest BCUT2D eigenvalue weighted by atomic mass is 10.0. The third-order valence-electron chi connectivity index (χ3n) is 2.42. The Morgan fingerprint density at radius 2 is 2.18 bits per heavy atom. The molecular weight excluding hydrogens is 138 g/mol. The zero-order valence-corrected chi connectivity index (χ0v) is 6.54. The van der Waals surface area contributed by atoms with E-state index in [-0.39, 0.29) is 5.75 Å². The fraction of sp³-hybridized carbons (Fsp3) is 0.444. The van der Waals surface area contributed by atoms with Crippen LogP contribution in [0.1, 0.15) is 25.3 Å². The smallest absolute Gasteiger partial charge is 0.134 e. The Balaban J connectivity index is 2.38. The predicted molar refractivity (Wildman–Crippen MR) is 42.5 cm³/mol. The first kappa shape index (κ1) is 6.65. The molecule has 2 nitrogen and oxygen atoms in total. The Morgan fingerprint density at radius 3 is 2.73 bits per heavy atom. The van der Waals surface area contributed by atoms with Crippen LogP contribution in [-0.2, 0) is 5.41 Å². The van der Waals surface area contributed by atoms with Crippen molar-refractivity contribution in [3.05, 3.63) is 24.0 Å². The molecule has 1 N–H and O–H groups in total. The average Bonchev–Trinajstić information content (AvgIpc) is 2.70. The first-order valence-corrected chi connectivity index (χ1v) is 3.85. The molecule has 1 aliphatic rings. The number of aromatic nitrogens is 1. The van der Waals surface area contributed by atoms with Crippen LogP contribution in [0.5, 0.6) is 5.75 Å². The highest BCUT2D eigenvalue weighted by molar-refractivity contribution is 5.32. The quantitative estimate of drug-likeness (QED) is 0.660. The molecule has 1 aliphatic carbocycles. The van der Waals surface area contributed by atoms with E-state index in [1.54, 1.807) is 6.07 Å². The molecule has 0 atom stereocenters. The van der Waals surface area contributed by atoms with Crippen LogP contribution >= 0.6 is 0 Å². The van der Waals surface area contributed by atoms with Gasteiger partial charge in [-0.2, -0.15) is 0 Å². The lowest BCUT2D eigenvalue weighted by Gasteiger charge is -2.06. The second kappa shape index (κ2) is 1.97. The van der Waals surface area contributed by atoms with E-state index in [0.717, 1.165) is 5.56 Å². The summed E-state index contributed by atoms with van der Waals surface area (Å²) in [6.07, 6.45) is 5.75. The third-order valence-corrected chi connectivity index (χ3v) is 2.42. The number of aromatic hydroxyl groups is 1. The van der Waals surface area contributed by atoms with E-state index >= 15 is 0 Å². The Labute approximate surface area is 65.9 Å². The molecule has 0 spiro atoms. The number of pyridine rings is 1. The minimum atomic E-state index is 0.274. The van der Waals surface area contributed by atoms with E-state index in [1.807, 2.05) is 6.20 Å². The highest BCUT2D eigenvalue weighted by Crippen LogP contribution is 2.47. The van der Waals surface area contributed by atoms with Crippen molar-refractivity contribution in [2.45, 2.75) is 25.2 Å². The highest BCUT2D eigenvalue weighted by Gasteiger charge is 2.39. The molecule has 1 saturated carbocycles. The van der Waals surface area contributed by atoms with E-state index in [1.165, 1.54) is 19.0 Å².